The molecule has 1 atom stereocenters. The van der Waals surface area contributed by atoms with Crippen LogP contribution in [-0.4, -0.2) is 41.6 Å². The van der Waals surface area contributed by atoms with Crippen molar-refractivity contribution in [1.29, 1.82) is 0 Å². The van der Waals surface area contributed by atoms with Crippen LogP contribution >= 0.6 is 0 Å². The maximum atomic E-state index is 13.2. The topological polar surface area (TPSA) is 52.6 Å². The van der Waals surface area contributed by atoms with Crippen molar-refractivity contribution in [2.75, 3.05) is 19.6 Å². The number of nitrogens with zero attached hydrogens (tertiary/aromatic N) is 1. The van der Waals surface area contributed by atoms with Gasteiger partial charge in [-0.2, -0.15) is 0 Å². The Bertz CT molecular complexity index is 445. The molecule has 1 aromatic carbocycles. The molecule has 98 valence electrons. The van der Waals surface area contributed by atoms with E-state index in [-0.39, 0.29) is 23.3 Å². The molecule has 5 heteroatoms. The number of halogens is 1. The van der Waals surface area contributed by atoms with E-state index in [1.54, 1.807) is 4.90 Å². The summed E-state index contributed by atoms with van der Waals surface area (Å²) in [5.74, 6) is -1.01. The van der Waals surface area contributed by atoms with E-state index in [2.05, 4.69) is 5.32 Å². The molecule has 1 unspecified atom stereocenters. The van der Waals surface area contributed by atoms with Crippen molar-refractivity contribution in [2.45, 2.75) is 19.4 Å². The number of benzene rings is 1. The molecule has 1 saturated heterocycles. The average Bonchev–Trinajstić information content (AvgIpc) is 2.87. The van der Waals surface area contributed by atoms with Crippen LogP contribution in [-0.2, 0) is 0 Å². The van der Waals surface area contributed by atoms with Gasteiger partial charge in [0.1, 0.15) is 11.6 Å². The van der Waals surface area contributed by atoms with Gasteiger partial charge in [0, 0.05) is 19.1 Å². The number of amides is 1. The highest BCUT2D eigenvalue weighted by atomic mass is 19.1. The maximum absolute atomic E-state index is 13.2. The summed E-state index contributed by atoms with van der Waals surface area (Å²) in [7, 11) is 0. The molecule has 1 heterocycles. The Morgan fingerprint density at radius 1 is 1.61 bits per heavy atom. The molecular weight excluding hydrogens is 235 g/mol. The van der Waals surface area contributed by atoms with Crippen LogP contribution in [0.1, 0.15) is 23.7 Å². The Hall–Kier alpha value is -1.62. The van der Waals surface area contributed by atoms with Gasteiger partial charge < -0.3 is 15.3 Å². The molecule has 0 bridgehead atoms. The highest BCUT2D eigenvalue weighted by Crippen LogP contribution is 2.22. The third kappa shape index (κ3) is 2.46. The highest BCUT2D eigenvalue weighted by molar-refractivity contribution is 5.97. The monoisotopic (exact) mass is 252 g/mol. The lowest BCUT2D eigenvalue weighted by Crippen LogP contribution is -2.41. The van der Waals surface area contributed by atoms with Gasteiger partial charge in [-0.25, -0.2) is 4.39 Å². The Morgan fingerprint density at radius 3 is 3.00 bits per heavy atom. The lowest BCUT2D eigenvalue weighted by Gasteiger charge is -2.27. The second-order valence-electron chi connectivity index (χ2n) is 4.40. The van der Waals surface area contributed by atoms with E-state index >= 15 is 0 Å². The number of likely N-dealkylation sites (N-methyl/N-ethyl adjacent to an activating group) is 1. The summed E-state index contributed by atoms with van der Waals surface area (Å²) in [6.07, 6.45) is 0.885. The summed E-state index contributed by atoms with van der Waals surface area (Å²) >= 11 is 0. The lowest BCUT2D eigenvalue weighted by atomic mass is 10.1. The van der Waals surface area contributed by atoms with Gasteiger partial charge in [0.25, 0.3) is 5.91 Å². The number of rotatable bonds is 3. The molecular formula is C13H17FN2O2. The molecule has 0 aliphatic carbocycles. The smallest absolute Gasteiger partial charge is 0.258 e. The molecule has 0 saturated carbocycles. The van der Waals surface area contributed by atoms with Crippen LogP contribution in [0.25, 0.3) is 0 Å². The Morgan fingerprint density at radius 2 is 2.39 bits per heavy atom. The minimum absolute atomic E-state index is 0.0313. The Labute approximate surface area is 105 Å². The zero-order valence-corrected chi connectivity index (χ0v) is 10.3. The van der Waals surface area contributed by atoms with Crippen LogP contribution < -0.4 is 5.32 Å². The summed E-state index contributed by atoms with van der Waals surface area (Å²) in [5.41, 5.74) is 0.0313. The van der Waals surface area contributed by atoms with E-state index in [4.69, 9.17) is 0 Å². The quantitative estimate of drug-likeness (QED) is 0.854. The second kappa shape index (κ2) is 5.35. The van der Waals surface area contributed by atoms with Gasteiger partial charge in [-0.05, 0) is 38.1 Å². The number of phenols is 1. The summed E-state index contributed by atoms with van der Waals surface area (Å²) in [4.78, 5) is 14.0. The van der Waals surface area contributed by atoms with E-state index in [0.29, 0.717) is 6.54 Å². The third-order valence-corrected chi connectivity index (χ3v) is 3.27. The zero-order chi connectivity index (χ0) is 13.1. The number of nitrogens with one attached hydrogen (secondary N) is 1. The van der Waals surface area contributed by atoms with Crippen molar-refractivity contribution in [3.05, 3.63) is 29.6 Å². The molecule has 1 aliphatic heterocycles. The number of aromatic hydroxyl groups is 1. The molecule has 18 heavy (non-hydrogen) atoms. The molecule has 1 aromatic rings. The van der Waals surface area contributed by atoms with Crippen LogP contribution in [0, 0.1) is 5.82 Å². The highest BCUT2D eigenvalue weighted by Gasteiger charge is 2.27. The summed E-state index contributed by atoms with van der Waals surface area (Å²) in [6, 6.07) is 3.55. The maximum Gasteiger partial charge on any atom is 0.258 e. The lowest BCUT2D eigenvalue weighted by molar-refractivity contribution is 0.0700. The number of carbonyl (C=O) groups excluding carboxylic acids is 1. The Kier molecular flexibility index (Phi) is 3.81. The minimum Gasteiger partial charge on any atom is -0.507 e. The zero-order valence-electron chi connectivity index (χ0n) is 10.3. The van der Waals surface area contributed by atoms with Crippen molar-refractivity contribution in [2.24, 2.45) is 0 Å². The number of hydrogen-bond acceptors (Lipinski definition) is 3. The largest absolute Gasteiger partial charge is 0.507 e. The van der Waals surface area contributed by atoms with Gasteiger partial charge in [0.2, 0.25) is 0 Å². The number of phenolic OH excluding ortho intramolecular Hbond substituents is 1. The normalized spacial score (nSPS) is 18.9. The minimum atomic E-state index is -0.517. The van der Waals surface area contributed by atoms with Crippen LogP contribution in [0.2, 0.25) is 0 Å². The molecule has 0 spiro atoms. The van der Waals surface area contributed by atoms with Crippen LogP contribution in [0.5, 0.6) is 5.75 Å². The number of carbonyl (C=O) groups is 1. The van der Waals surface area contributed by atoms with E-state index in [0.717, 1.165) is 31.6 Å². The molecule has 2 N–H and O–H groups in total. The SMILES string of the molecule is CCN(C(=O)c1cc(F)ccc1O)C1CCNC1. The van der Waals surface area contributed by atoms with E-state index in [1.165, 1.54) is 6.07 Å². The van der Waals surface area contributed by atoms with Crippen LogP contribution in [0.4, 0.5) is 4.39 Å². The van der Waals surface area contributed by atoms with Gasteiger partial charge in [0.15, 0.2) is 0 Å². The van der Waals surface area contributed by atoms with Crippen LogP contribution in [0.3, 0.4) is 0 Å². The average molecular weight is 252 g/mol. The van der Waals surface area contributed by atoms with Gasteiger partial charge in [-0.3, -0.25) is 4.79 Å². The summed E-state index contributed by atoms with van der Waals surface area (Å²) in [5, 5.41) is 12.9. The van der Waals surface area contributed by atoms with E-state index < -0.39 is 5.82 Å². The Balaban J connectivity index is 2.25. The summed E-state index contributed by atoms with van der Waals surface area (Å²) < 4.78 is 13.2. The molecule has 1 aliphatic rings. The molecule has 0 aromatic heterocycles. The fourth-order valence-corrected chi connectivity index (χ4v) is 2.31. The van der Waals surface area contributed by atoms with E-state index in [9.17, 15) is 14.3 Å². The molecule has 0 radical (unpaired) electrons. The molecule has 1 fully saturated rings. The van der Waals surface area contributed by atoms with Crippen molar-refractivity contribution in [3.63, 3.8) is 0 Å². The van der Waals surface area contributed by atoms with Crippen LogP contribution in [0.15, 0.2) is 18.2 Å². The first-order chi connectivity index (χ1) is 8.63. The van der Waals surface area contributed by atoms with Crippen molar-refractivity contribution >= 4 is 5.91 Å². The first-order valence-corrected chi connectivity index (χ1v) is 6.13. The van der Waals surface area contributed by atoms with Crippen molar-refractivity contribution < 1.29 is 14.3 Å². The predicted molar refractivity (Wildman–Crippen MR) is 66.1 cm³/mol. The summed E-state index contributed by atoms with van der Waals surface area (Å²) in [6.45, 7) is 4.05. The van der Waals surface area contributed by atoms with Gasteiger partial charge >= 0.3 is 0 Å². The molecule has 4 nitrogen and oxygen atoms in total. The van der Waals surface area contributed by atoms with Gasteiger partial charge in [0.05, 0.1) is 5.56 Å². The number of hydrogen-bond donors (Lipinski definition) is 2. The molecule has 1 amide bonds. The van der Waals surface area contributed by atoms with Crippen molar-refractivity contribution in [1.82, 2.24) is 10.2 Å². The predicted octanol–water partition coefficient (Wildman–Crippen LogP) is 1.36. The van der Waals surface area contributed by atoms with Gasteiger partial charge in [-0.15, -0.1) is 0 Å². The fourth-order valence-electron chi connectivity index (χ4n) is 2.31. The standard InChI is InChI=1S/C13H17FN2O2/c1-2-16(10-5-6-15-8-10)13(18)11-7-9(14)3-4-12(11)17/h3-4,7,10,15,17H,2,5-6,8H2,1H3. The van der Waals surface area contributed by atoms with Gasteiger partial charge in [-0.1, -0.05) is 0 Å². The first-order valence-electron chi connectivity index (χ1n) is 6.13. The third-order valence-electron chi connectivity index (χ3n) is 3.27. The first kappa shape index (κ1) is 12.8. The van der Waals surface area contributed by atoms with E-state index in [1.807, 2.05) is 6.92 Å². The second-order valence-corrected chi connectivity index (χ2v) is 4.40. The van der Waals surface area contributed by atoms with Crippen molar-refractivity contribution in [3.8, 4) is 5.75 Å². The molecule has 2 rings (SSSR count). The fraction of sp³-hybridized carbons (Fsp3) is 0.462.